The van der Waals surface area contributed by atoms with Gasteiger partial charge in [-0.05, 0) is 30.7 Å². The average molecular weight is 243 g/mol. The van der Waals surface area contributed by atoms with Gasteiger partial charge in [-0.1, -0.05) is 6.92 Å². The number of benzene rings is 1. The van der Waals surface area contributed by atoms with E-state index in [4.69, 9.17) is 10.8 Å². The third-order valence-corrected chi connectivity index (χ3v) is 3.07. The molecule has 1 aromatic carbocycles. The van der Waals surface area contributed by atoms with Crippen molar-refractivity contribution in [1.29, 1.82) is 0 Å². The highest BCUT2D eigenvalue weighted by molar-refractivity contribution is 5.69. The van der Waals surface area contributed by atoms with E-state index in [2.05, 4.69) is 0 Å². The fourth-order valence-corrected chi connectivity index (χ4v) is 1.75. The van der Waals surface area contributed by atoms with Crippen molar-refractivity contribution in [1.82, 2.24) is 0 Å². The summed E-state index contributed by atoms with van der Waals surface area (Å²) < 4.78 is 26.8. The largest absolute Gasteiger partial charge is 0.481 e. The average Bonchev–Trinajstić information content (AvgIpc) is 2.20. The number of aliphatic carboxylic acids is 1. The molecule has 3 nitrogen and oxygen atoms in total. The van der Waals surface area contributed by atoms with E-state index in [0.29, 0.717) is 0 Å². The molecule has 0 heterocycles. The summed E-state index contributed by atoms with van der Waals surface area (Å²) in [4.78, 5) is 10.8. The van der Waals surface area contributed by atoms with Crippen LogP contribution in [0.25, 0.3) is 0 Å². The van der Waals surface area contributed by atoms with Gasteiger partial charge < -0.3 is 10.8 Å². The highest BCUT2D eigenvalue weighted by atomic mass is 19.1. The molecule has 2 atom stereocenters. The fourth-order valence-electron chi connectivity index (χ4n) is 1.75. The van der Waals surface area contributed by atoms with E-state index in [1.165, 1.54) is 6.92 Å². The first-order chi connectivity index (χ1) is 7.77. The summed E-state index contributed by atoms with van der Waals surface area (Å²) in [7, 11) is 0. The van der Waals surface area contributed by atoms with Gasteiger partial charge in [0.05, 0.1) is 6.42 Å². The number of carboxylic acid groups (broad SMARTS) is 1. The van der Waals surface area contributed by atoms with Gasteiger partial charge in [0.1, 0.15) is 11.6 Å². The van der Waals surface area contributed by atoms with Crippen molar-refractivity contribution in [3.05, 3.63) is 35.4 Å². The van der Waals surface area contributed by atoms with Crippen LogP contribution < -0.4 is 5.73 Å². The minimum Gasteiger partial charge on any atom is -0.481 e. The normalized spacial score (nSPS) is 16.3. The van der Waals surface area contributed by atoms with Crippen LogP contribution in [0.5, 0.6) is 0 Å². The minimum atomic E-state index is -1.14. The van der Waals surface area contributed by atoms with Crippen LogP contribution in [0.15, 0.2) is 18.2 Å². The molecule has 0 bridgehead atoms. The van der Waals surface area contributed by atoms with E-state index in [-0.39, 0.29) is 12.0 Å². The van der Waals surface area contributed by atoms with E-state index in [9.17, 15) is 13.6 Å². The van der Waals surface area contributed by atoms with Crippen molar-refractivity contribution in [3.63, 3.8) is 0 Å². The Morgan fingerprint density at radius 2 is 2.12 bits per heavy atom. The summed E-state index contributed by atoms with van der Waals surface area (Å²) in [6.45, 7) is 3.09. The predicted molar refractivity (Wildman–Crippen MR) is 59.6 cm³/mol. The monoisotopic (exact) mass is 243 g/mol. The molecule has 0 saturated heterocycles. The number of carboxylic acids is 1. The van der Waals surface area contributed by atoms with Gasteiger partial charge in [0.15, 0.2) is 0 Å². The maximum Gasteiger partial charge on any atom is 0.304 e. The lowest BCUT2D eigenvalue weighted by Crippen LogP contribution is -2.43. The molecule has 2 unspecified atom stereocenters. The van der Waals surface area contributed by atoms with Crippen LogP contribution in [0.1, 0.15) is 25.8 Å². The molecular formula is C12H15F2NO2. The molecule has 0 fully saturated rings. The van der Waals surface area contributed by atoms with Crippen molar-refractivity contribution < 1.29 is 18.7 Å². The Hall–Kier alpha value is -1.49. The Kier molecular flexibility index (Phi) is 3.83. The van der Waals surface area contributed by atoms with Crippen LogP contribution in [-0.2, 0) is 10.2 Å². The summed E-state index contributed by atoms with van der Waals surface area (Å²) >= 11 is 0. The molecule has 0 radical (unpaired) electrons. The molecule has 5 heteroatoms. The number of hydrogen-bond donors (Lipinski definition) is 2. The Labute approximate surface area is 98.2 Å². The zero-order chi connectivity index (χ0) is 13.2. The number of nitrogens with two attached hydrogens (primary N) is 1. The van der Waals surface area contributed by atoms with Gasteiger partial charge in [0.25, 0.3) is 0 Å². The van der Waals surface area contributed by atoms with Gasteiger partial charge in [-0.15, -0.1) is 0 Å². The second-order valence-corrected chi connectivity index (χ2v) is 4.40. The van der Waals surface area contributed by atoms with Crippen LogP contribution in [0.2, 0.25) is 0 Å². The van der Waals surface area contributed by atoms with Crippen molar-refractivity contribution in [2.24, 2.45) is 5.73 Å². The first-order valence-corrected chi connectivity index (χ1v) is 5.20. The second-order valence-electron chi connectivity index (χ2n) is 4.40. The highest BCUT2D eigenvalue weighted by Crippen LogP contribution is 2.32. The Morgan fingerprint density at radius 3 is 2.59 bits per heavy atom. The Balaban J connectivity index is 3.31. The van der Waals surface area contributed by atoms with Crippen LogP contribution >= 0.6 is 0 Å². The van der Waals surface area contributed by atoms with Gasteiger partial charge in [0, 0.05) is 11.5 Å². The molecule has 94 valence electrons. The first kappa shape index (κ1) is 13.6. The van der Waals surface area contributed by atoms with Crippen molar-refractivity contribution in [2.75, 3.05) is 0 Å². The minimum absolute atomic E-state index is 0.00472. The summed E-state index contributed by atoms with van der Waals surface area (Å²) in [6.07, 6.45) is -0.356. The lowest BCUT2D eigenvalue weighted by atomic mass is 9.74. The molecule has 0 aliphatic carbocycles. The second kappa shape index (κ2) is 4.79. The van der Waals surface area contributed by atoms with Crippen LogP contribution in [0.4, 0.5) is 8.78 Å². The highest BCUT2D eigenvalue weighted by Gasteiger charge is 2.36. The topological polar surface area (TPSA) is 63.3 Å². The third-order valence-electron chi connectivity index (χ3n) is 3.07. The molecule has 0 amide bonds. The number of rotatable bonds is 4. The molecule has 0 saturated carbocycles. The van der Waals surface area contributed by atoms with Gasteiger partial charge >= 0.3 is 5.97 Å². The molecule has 0 aromatic heterocycles. The Morgan fingerprint density at radius 1 is 1.53 bits per heavy atom. The van der Waals surface area contributed by atoms with E-state index in [1.807, 2.05) is 0 Å². The van der Waals surface area contributed by atoms with E-state index in [0.717, 1.165) is 18.2 Å². The quantitative estimate of drug-likeness (QED) is 0.850. The zero-order valence-corrected chi connectivity index (χ0v) is 9.71. The van der Waals surface area contributed by atoms with Gasteiger partial charge in [-0.25, -0.2) is 8.78 Å². The van der Waals surface area contributed by atoms with Crippen LogP contribution in [0, 0.1) is 11.6 Å². The summed E-state index contributed by atoms with van der Waals surface area (Å²) in [5, 5.41) is 8.85. The summed E-state index contributed by atoms with van der Waals surface area (Å²) in [5.74, 6) is -2.36. The first-order valence-electron chi connectivity index (χ1n) is 5.20. The fraction of sp³-hybridized carbons (Fsp3) is 0.417. The molecule has 1 rings (SSSR count). The van der Waals surface area contributed by atoms with Crippen LogP contribution in [-0.4, -0.2) is 17.1 Å². The lowest BCUT2D eigenvalue weighted by Gasteiger charge is -2.32. The maximum atomic E-state index is 13.7. The van der Waals surface area contributed by atoms with E-state index < -0.39 is 29.1 Å². The third kappa shape index (κ3) is 2.79. The Bertz CT molecular complexity index is 435. The van der Waals surface area contributed by atoms with Crippen molar-refractivity contribution in [2.45, 2.75) is 31.7 Å². The molecule has 0 aliphatic heterocycles. The SMILES string of the molecule is CC(N)C(C)(CC(=O)O)c1cc(F)ccc1F. The molecule has 3 N–H and O–H groups in total. The summed E-state index contributed by atoms with van der Waals surface area (Å²) in [6, 6.07) is 2.35. The molecule has 0 spiro atoms. The van der Waals surface area contributed by atoms with Crippen molar-refractivity contribution >= 4 is 5.97 Å². The van der Waals surface area contributed by atoms with E-state index >= 15 is 0 Å². The molecule has 1 aromatic rings. The number of hydrogen-bond acceptors (Lipinski definition) is 2. The van der Waals surface area contributed by atoms with Gasteiger partial charge in [-0.2, -0.15) is 0 Å². The zero-order valence-electron chi connectivity index (χ0n) is 9.71. The molecule has 0 aliphatic rings. The standard InChI is InChI=1S/C12H15F2NO2/c1-7(15)12(2,6-11(16)17)9-5-8(13)3-4-10(9)14/h3-5,7H,6,15H2,1-2H3,(H,16,17). The summed E-state index contributed by atoms with van der Waals surface area (Å²) in [5.41, 5.74) is 4.57. The maximum absolute atomic E-state index is 13.7. The predicted octanol–water partition coefficient (Wildman–Crippen LogP) is 2.04. The van der Waals surface area contributed by atoms with Crippen molar-refractivity contribution in [3.8, 4) is 0 Å². The number of halogens is 2. The van der Waals surface area contributed by atoms with Crippen LogP contribution in [0.3, 0.4) is 0 Å². The van der Waals surface area contributed by atoms with E-state index in [1.54, 1.807) is 6.92 Å². The molecule has 17 heavy (non-hydrogen) atoms. The lowest BCUT2D eigenvalue weighted by molar-refractivity contribution is -0.138. The molecular weight excluding hydrogens is 228 g/mol. The van der Waals surface area contributed by atoms with Gasteiger partial charge in [-0.3, -0.25) is 4.79 Å². The van der Waals surface area contributed by atoms with Gasteiger partial charge in [0.2, 0.25) is 0 Å². The number of carbonyl (C=O) groups is 1. The smallest absolute Gasteiger partial charge is 0.304 e.